The number of aromatic nitrogens is 4. The smallest absolute Gasteiger partial charge is 0.237 e. The maximum absolute atomic E-state index is 12.8. The summed E-state index contributed by atoms with van der Waals surface area (Å²) in [5.74, 6) is 0.699. The Morgan fingerprint density at radius 3 is 2.72 bits per heavy atom. The van der Waals surface area contributed by atoms with Gasteiger partial charge in [0, 0.05) is 24.2 Å². The van der Waals surface area contributed by atoms with Gasteiger partial charge < -0.3 is 9.88 Å². The molecule has 4 aromatic rings. The molecule has 1 unspecified atom stereocenters. The van der Waals surface area contributed by atoms with Crippen LogP contribution in [0.5, 0.6) is 0 Å². The topological polar surface area (TPSA) is 72.7 Å². The zero-order valence-electron chi connectivity index (χ0n) is 16.5. The second-order valence-corrected chi connectivity index (χ2v) is 8.11. The lowest BCUT2D eigenvalue weighted by molar-refractivity contribution is -0.115. The summed E-state index contributed by atoms with van der Waals surface area (Å²) in [7, 11) is 1.92. The molecule has 2 heterocycles. The molecule has 0 saturated carbocycles. The van der Waals surface area contributed by atoms with Crippen LogP contribution in [0.25, 0.3) is 22.3 Å². The highest BCUT2D eigenvalue weighted by molar-refractivity contribution is 8.00. The summed E-state index contributed by atoms with van der Waals surface area (Å²) in [6, 6.07) is 17.6. The van der Waals surface area contributed by atoms with Crippen molar-refractivity contribution in [1.29, 1.82) is 0 Å². The molecule has 0 bridgehead atoms. The van der Waals surface area contributed by atoms with E-state index in [0.717, 1.165) is 33.5 Å². The van der Waals surface area contributed by atoms with Crippen LogP contribution < -0.4 is 5.32 Å². The Balaban J connectivity index is 1.52. The fraction of sp³-hybridized carbons (Fsp3) is 0.182. The van der Waals surface area contributed by atoms with Crippen molar-refractivity contribution in [2.45, 2.75) is 24.3 Å². The Labute approximate surface area is 173 Å². The average molecular weight is 404 g/mol. The van der Waals surface area contributed by atoms with Crippen LogP contribution in [-0.2, 0) is 11.8 Å². The molecule has 4 rings (SSSR count). The zero-order valence-corrected chi connectivity index (χ0v) is 17.3. The number of pyridine rings is 1. The van der Waals surface area contributed by atoms with Gasteiger partial charge in [-0.1, -0.05) is 42.1 Å². The minimum Gasteiger partial charge on any atom is -0.324 e. The number of anilines is 1. The lowest BCUT2D eigenvalue weighted by Crippen LogP contribution is -2.23. The third kappa shape index (κ3) is 3.86. The molecule has 1 atom stereocenters. The predicted molar refractivity (Wildman–Crippen MR) is 117 cm³/mol. The van der Waals surface area contributed by atoms with Gasteiger partial charge in [-0.25, -0.2) is 0 Å². The molecule has 0 radical (unpaired) electrons. The molecule has 1 amide bonds. The van der Waals surface area contributed by atoms with Gasteiger partial charge in [0.05, 0.1) is 16.5 Å². The molecule has 7 heteroatoms. The quantitative estimate of drug-likeness (QED) is 0.498. The molecular weight excluding hydrogens is 382 g/mol. The van der Waals surface area contributed by atoms with Crippen molar-refractivity contribution in [3.05, 3.63) is 66.4 Å². The van der Waals surface area contributed by atoms with Gasteiger partial charge in [-0.3, -0.25) is 9.78 Å². The Morgan fingerprint density at radius 2 is 1.90 bits per heavy atom. The second-order valence-electron chi connectivity index (χ2n) is 6.81. The van der Waals surface area contributed by atoms with Gasteiger partial charge >= 0.3 is 0 Å². The van der Waals surface area contributed by atoms with Gasteiger partial charge in [0.25, 0.3) is 0 Å². The van der Waals surface area contributed by atoms with Crippen LogP contribution in [0.4, 0.5) is 5.69 Å². The normalized spacial score (nSPS) is 12.1. The van der Waals surface area contributed by atoms with Crippen LogP contribution in [0.1, 0.15) is 12.5 Å². The summed E-state index contributed by atoms with van der Waals surface area (Å²) in [5.41, 5.74) is 3.78. The van der Waals surface area contributed by atoms with E-state index in [-0.39, 0.29) is 11.2 Å². The maximum atomic E-state index is 12.8. The predicted octanol–water partition coefficient (Wildman–Crippen LogP) is 4.46. The van der Waals surface area contributed by atoms with Gasteiger partial charge in [-0.2, -0.15) is 0 Å². The van der Waals surface area contributed by atoms with Gasteiger partial charge in [0.1, 0.15) is 0 Å². The highest BCUT2D eigenvalue weighted by atomic mass is 32.2. The molecule has 2 aromatic heterocycles. The van der Waals surface area contributed by atoms with Crippen molar-refractivity contribution < 1.29 is 4.79 Å². The first-order valence-electron chi connectivity index (χ1n) is 9.31. The maximum Gasteiger partial charge on any atom is 0.237 e. The van der Waals surface area contributed by atoms with E-state index in [1.807, 2.05) is 80.1 Å². The first-order chi connectivity index (χ1) is 14.0. The van der Waals surface area contributed by atoms with Crippen molar-refractivity contribution in [1.82, 2.24) is 19.7 Å². The van der Waals surface area contributed by atoms with Crippen LogP contribution in [-0.4, -0.2) is 30.9 Å². The minimum atomic E-state index is -0.338. The standard InChI is InChI=1S/C22H21N5OS/c1-14-8-4-5-9-16(14)20-25-26-22(27(20)3)29-15(2)21(28)24-19-12-6-11-18-17(19)10-7-13-23-18/h4-13,15H,1-3H3,(H,24,28). The van der Waals surface area contributed by atoms with Crippen LogP contribution in [0.15, 0.2) is 66.0 Å². The summed E-state index contributed by atoms with van der Waals surface area (Å²) in [5, 5.41) is 12.9. The van der Waals surface area contributed by atoms with E-state index in [1.54, 1.807) is 6.20 Å². The van der Waals surface area contributed by atoms with Crippen molar-refractivity contribution in [3.8, 4) is 11.4 Å². The van der Waals surface area contributed by atoms with E-state index in [4.69, 9.17) is 0 Å². The lowest BCUT2D eigenvalue weighted by atomic mass is 10.1. The molecule has 0 fully saturated rings. The number of carbonyl (C=O) groups is 1. The van der Waals surface area contributed by atoms with Gasteiger partial charge in [0.15, 0.2) is 11.0 Å². The summed E-state index contributed by atoms with van der Waals surface area (Å²) in [6.45, 7) is 3.91. The summed E-state index contributed by atoms with van der Waals surface area (Å²) < 4.78 is 1.93. The molecule has 146 valence electrons. The van der Waals surface area contributed by atoms with Gasteiger partial charge in [0.2, 0.25) is 5.91 Å². The molecule has 0 aliphatic rings. The fourth-order valence-electron chi connectivity index (χ4n) is 3.13. The molecule has 29 heavy (non-hydrogen) atoms. The number of benzene rings is 2. The number of nitrogens with one attached hydrogen (secondary N) is 1. The molecule has 1 N–H and O–H groups in total. The SMILES string of the molecule is Cc1ccccc1-c1nnc(SC(C)C(=O)Nc2cccc3ncccc23)n1C. The fourth-order valence-corrected chi connectivity index (χ4v) is 3.95. The number of nitrogens with zero attached hydrogens (tertiary/aromatic N) is 4. The third-order valence-corrected chi connectivity index (χ3v) is 5.91. The molecule has 0 aliphatic carbocycles. The van der Waals surface area contributed by atoms with Crippen LogP contribution in [0, 0.1) is 6.92 Å². The van der Waals surface area contributed by atoms with E-state index >= 15 is 0 Å². The van der Waals surface area contributed by atoms with Crippen molar-refractivity contribution in [2.24, 2.45) is 7.05 Å². The number of rotatable bonds is 5. The minimum absolute atomic E-state index is 0.0909. The van der Waals surface area contributed by atoms with Crippen molar-refractivity contribution in [2.75, 3.05) is 5.32 Å². The number of hydrogen-bond donors (Lipinski definition) is 1. The highest BCUT2D eigenvalue weighted by Gasteiger charge is 2.20. The highest BCUT2D eigenvalue weighted by Crippen LogP contribution is 2.28. The Bertz CT molecular complexity index is 1180. The van der Waals surface area contributed by atoms with Gasteiger partial charge in [-0.05, 0) is 43.7 Å². The number of hydrogen-bond acceptors (Lipinski definition) is 5. The van der Waals surface area contributed by atoms with Crippen molar-refractivity contribution in [3.63, 3.8) is 0 Å². The van der Waals surface area contributed by atoms with Crippen LogP contribution in [0.3, 0.4) is 0 Å². The molecule has 6 nitrogen and oxygen atoms in total. The summed E-state index contributed by atoms with van der Waals surface area (Å²) in [6.07, 6.45) is 1.74. The van der Waals surface area contributed by atoms with Crippen molar-refractivity contribution >= 4 is 34.3 Å². The van der Waals surface area contributed by atoms with E-state index in [0.29, 0.717) is 5.16 Å². The average Bonchev–Trinajstić information content (AvgIpc) is 3.08. The Hall–Kier alpha value is -3.19. The molecule has 0 saturated heterocycles. The second kappa shape index (κ2) is 8.05. The van der Waals surface area contributed by atoms with E-state index < -0.39 is 0 Å². The Kier molecular flexibility index (Phi) is 5.31. The number of thioether (sulfide) groups is 1. The largest absolute Gasteiger partial charge is 0.324 e. The monoisotopic (exact) mass is 403 g/mol. The third-order valence-electron chi connectivity index (χ3n) is 4.78. The zero-order chi connectivity index (χ0) is 20.4. The summed E-state index contributed by atoms with van der Waals surface area (Å²) >= 11 is 1.39. The number of aryl methyl sites for hydroxylation is 1. The summed E-state index contributed by atoms with van der Waals surface area (Å²) in [4.78, 5) is 17.1. The number of amides is 1. The molecule has 0 aliphatic heterocycles. The number of fused-ring (bicyclic) bond motifs is 1. The Morgan fingerprint density at radius 1 is 1.07 bits per heavy atom. The van der Waals surface area contributed by atoms with Crippen LogP contribution in [0.2, 0.25) is 0 Å². The molecule has 2 aromatic carbocycles. The first kappa shape index (κ1) is 19.1. The van der Waals surface area contributed by atoms with Crippen LogP contribution >= 0.6 is 11.8 Å². The number of carbonyl (C=O) groups excluding carboxylic acids is 1. The first-order valence-corrected chi connectivity index (χ1v) is 10.2. The lowest BCUT2D eigenvalue weighted by Gasteiger charge is -2.13. The van der Waals surface area contributed by atoms with Gasteiger partial charge in [-0.15, -0.1) is 10.2 Å². The van der Waals surface area contributed by atoms with E-state index in [2.05, 4.69) is 20.5 Å². The van der Waals surface area contributed by atoms with E-state index in [9.17, 15) is 4.79 Å². The molecular formula is C22H21N5OS. The van der Waals surface area contributed by atoms with E-state index in [1.165, 1.54) is 11.8 Å². The molecule has 0 spiro atoms.